The number of hydrogen-bond acceptors (Lipinski definition) is 4. The van der Waals surface area contributed by atoms with Gasteiger partial charge < -0.3 is 4.57 Å². The normalized spacial score (nSPS) is 12.1. The van der Waals surface area contributed by atoms with E-state index in [2.05, 4.69) is 26.2 Å². The van der Waals surface area contributed by atoms with Crippen LogP contribution in [0.1, 0.15) is 24.6 Å². The average Bonchev–Trinajstić information content (AvgIpc) is 2.53. The van der Waals surface area contributed by atoms with Gasteiger partial charge in [0.25, 0.3) is 0 Å². The minimum absolute atomic E-state index is 0.00162. The second-order valence-corrected chi connectivity index (χ2v) is 6.88. The lowest BCUT2D eigenvalue weighted by atomic mass is 10.2. The number of anilines is 1. The number of rotatable bonds is 4. The lowest BCUT2D eigenvalue weighted by Crippen LogP contribution is -2.12. The Morgan fingerprint density at radius 3 is 2.50 bits per heavy atom. The summed E-state index contributed by atoms with van der Waals surface area (Å²) in [5.74, 6) is 0.00162. The predicted octanol–water partition coefficient (Wildman–Crippen LogP) is 2.48. The summed E-state index contributed by atoms with van der Waals surface area (Å²) in [6.45, 7) is 6.83. The van der Waals surface area contributed by atoms with Gasteiger partial charge in [-0.3, -0.25) is 4.72 Å². The van der Waals surface area contributed by atoms with Gasteiger partial charge in [0.2, 0.25) is 16.0 Å². The zero-order chi connectivity index (χ0) is 15.1. The SMILES string of the molecule is CCCn1c(C)c(C)c2nc(NS(C)(=O)=O)nc(Cl)c21. The van der Waals surface area contributed by atoms with Gasteiger partial charge in [0, 0.05) is 12.2 Å². The molecule has 1 N–H and O–H groups in total. The maximum atomic E-state index is 11.3. The second kappa shape index (κ2) is 5.21. The Hall–Kier alpha value is -1.34. The van der Waals surface area contributed by atoms with Crippen LogP contribution in [-0.4, -0.2) is 29.2 Å². The highest BCUT2D eigenvalue weighted by atomic mass is 35.5. The molecule has 0 bridgehead atoms. The molecule has 0 aromatic carbocycles. The molecule has 0 fully saturated rings. The maximum Gasteiger partial charge on any atom is 0.238 e. The van der Waals surface area contributed by atoms with Crippen LogP contribution in [0.15, 0.2) is 0 Å². The molecule has 0 spiro atoms. The van der Waals surface area contributed by atoms with Crippen molar-refractivity contribution in [3.8, 4) is 0 Å². The Balaban J connectivity index is 2.70. The molecular weight excluding hydrogens is 300 g/mol. The van der Waals surface area contributed by atoms with E-state index in [4.69, 9.17) is 11.6 Å². The van der Waals surface area contributed by atoms with Gasteiger partial charge in [-0.1, -0.05) is 18.5 Å². The van der Waals surface area contributed by atoms with Crippen molar-refractivity contribution in [2.24, 2.45) is 0 Å². The molecule has 0 aliphatic carbocycles. The quantitative estimate of drug-likeness (QED) is 0.879. The Labute approximate surface area is 123 Å². The summed E-state index contributed by atoms with van der Waals surface area (Å²) < 4.78 is 26.9. The van der Waals surface area contributed by atoms with Gasteiger partial charge in [-0.25, -0.2) is 13.4 Å². The lowest BCUT2D eigenvalue weighted by Gasteiger charge is -2.08. The van der Waals surface area contributed by atoms with Crippen LogP contribution < -0.4 is 4.72 Å². The highest BCUT2D eigenvalue weighted by Gasteiger charge is 2.18. The smallest absolute Gasteiger partial charge is 0.238 e. The van der Waals surface area contributed by atoms with Crippen LogP contribution in [0.25, 0.3) is 11.0 Å². The summed E-state index contributed by atoms with van der Waals surface area (Å²) >= 11 is 6.21. The molecule has 0 saturated carbocycles. The van der Waals surface area contributed by atoms with Crippen molar-refractivity contribution in [2.45, 2.75) is 33.7 Å². The van der Waals surface area contributed by atoms with Crippen LogP contribution in [0.4, 0.5) is 5.95 Å². The van der Waals surface area contributed by atoms with Crippen LogP contribution in [-0.2, 0) is 16.6 Å². The number of fused-ring (bicyclic) bond motifs is 1. The Bertz CT molecular complexity index is 768. The fourth-order valence-electron chi connectivity index (χ4n) is 2.18. The van der Waals surface area contributed by atoms with Gasteiger partial charge in [0.05, 0.1) is 11.8 Å². The second-order valence-electron chi connectivity index (χ2n) is 4.77. The highest BCUT2D eigenvalue weighted by molar-refractivity contribution is 7.91. The van der Waals surface area contributed by atoms with E-state index in [0.29, 0.717) is 5.52 Å². The third-order valence-corrected chi connectivity index (χ3v) is 3.95. The van der Waals surface area contributed by atoms with E-state index in [-0.39, 0.29) is 11.1 Å². The van der Waals surface area contributed by atoms with Crippen molar-refractivity contribution in [2.75, 3.05) is 11.0 Å². The van der Waals surface area contributed by atoms with Gasteiger partial charge in [0.1, 0.15) is 5.52 Å². The summed E-state index contributed by atoms with van der Waals surface area (Å²) in [7, 11) is -3.43. The lowest BCUT2D eigenvalue weighted by molar-refractivity contribution is 0.606. The van der Waals surface area contributed by atoms with Crippen LogP contribution in [0, 0.1) is 13.8 Å². The van der Waals surface area contributed by atoms with E-state index in [1.165, 1.54) is 0 Å². The molecule has 2 heterocycles. The summed E-state index contributed by atoms with van der Waals surface area (Å²) in [6.07, 6.45) is 2.01. The van der Waals surface area contributed by atoms with Gasteiger partial charge >= 0.3 is 0 Å². The first-order chi connectivity index (χ1) is 9.24. The summed E-state index contributed by atoms with van der Waals surface area (Å²) in [4.78, 5) is 8.31. The average molecular weight is 317 g/mol. The number of nitrogens with zero attached hydrogens (tertiary/aromatic N) is 3. The summed E-state index contributed by atoms with van der Waals surface area (Å²) in [6, 6.07) is 0. The van der Waals surface area contributed by atoms with Crippen LogP contribution in [0.2, 0.25) is 5.15 Å². The molecule has 0 aliphatic heterocycles. The molecule has 8 heteroatoms. The first-order valence-electron chi connectivity index (χ1n) is 6.25. The fraction of sp³-hybridized carbons (Fsp3) is 0.500. The van der Waals surface area contributed by atoms with Crippen LogP contribution >= 0.6 is 11.6 Å². The van der Waals surface area contributed by atoms with Crippen molar-refractivity contribution in [3.05, 3.63) is 16.4 Å². The molecule has 2 aromatic rings. The number of aryl methyl sites for hydroxylation is 2. The van der Waals surface area contributed by atoms with Crippen molar-refractivity contribution in [1.82, 2.24) is 14.5 Å². The van der Waals surface area contributed by atoms with E-state index in [1.807, 2.05) is 13.8 Å². The molecule has 0 aliphatic rings. The number of nitrogens with one attached hydrogen (secondary N) is 1. The largest absolute Gasteiger partial charge is 0.341 e. The summed E-state index contributed by atoms with van der Waals surface area (Å²) in [5.41, 5.74) is 3.48. The maximum absolute atomic E-state index is 11.3. The van der Waals surface area contributed by atoms with Crippen molar-refractivity contribution < 1.29 is 8.42 Å². The number of hydrogen-bond donors (Lipinski definition) is 1. The molecule has 2 rings (SSSR count). The molecule has 2 aromatic heterocycles. The Kier molecular flexibility index (Phi) is 3.93. The fourth-order valence-corrected chi connectivity index (χ4v) is 2.88. The van der Waals surface area contributed by atoms with Gasteiger partial charge in [-0.05, 0) is 25.8 Å². The first-order valence-corrected chi connectivity index (χ1v) is 8.52. The standard InChI is InChI=1S/C12H17ClN4O2S/c1-5-6-17-8(3)7(2)9-10(17)11(13)15-12(14-9)16-20(4,18)19/h5-6H2,1-4H3,(H,14,15,16). The molecule has 110 valence electrons. The van der Waals surface area contributed by atoms with Crippen molar-refractivity contribution in [1.29, 1.82) is 0 Å². The van der Waals surface area contributed by atoms with Gasteiger partial charge in [-0.15, -0.1) is 0 Å². The van der Waals surface area contributed by atoms with Gasteiger partial charge in [-0.2, -0.15) is 4.98 Å². The molecule has 0 atom stereocenters. The van der Waals surface area contributed by atoms with E-state index in [9.17, 15) is 8.42 Å². The third-order valence-electron chi connectivity index (χ3n) is 3.14. The summed E-state index contributed by atoms with van der Waals surface area (Å²) in [5, 5.41) is 0.255. The van der Waals surface area contributed by atoms with E-state index in [0.717, 1.165) is 36.0 Å². The highest BCUT2D eigenvalue weighted by Crippen LogP contribution is 2.29. The molecule has 20 heavy (non-hydrogen) atoms. The van der Waals surface area contributed by atoms with E-state index < -0.39 is 10.0 Å². The number of aromatic nitrogens is 3. The van der Waals surface area contributed by atoms with Crippen molar-refractivity contribution >= 4 is 38.6 Å². The molecule has 6 nitrogen and oxygen atoms in total. The topological polar surface area (TPSA) is 76.9 Å². The van der Waals surface area contributed by atoms with Crippen molar-refractivity contribution in [3.63, 3.8) is 0 Å². The molecule has 0 unspecified atom stereocenters. The molecule has 0 amide bonds. The Morgan fingerprint density at radius 2 is 1.95 bits per heavy atom. The monoisotopic (exact) mass is 316 g/mol. The number of sulfonamides is 1. The number of halogens is 1. The zero-order valence-corrected chi connectivity index (χ0v) is 13.4. The minimum Gasteiger partial charge on any atom is -0.341 e. The van der Waals surface area contributed by atoms with Gasteiger partial charge in [0.15, 0.2) is 5.15 Å². The molecular formula is C12H17ClN4O2S. The Morgan fingerprint density at radius 1 is 1.30 bits per heavy atom. The zero-order valence-electron chi connectivity index (χ0n) is 11.9. The van der Waals surface area contributed by atoms with E-state index in [1.54, 1.807) is 0 Å². The van der Waals surface area contributed by atoms with Crippen LogP contribution in [0.3, 0.4) is 0 Å². The molecule has 0 saturated heterocycles. The predicted molar refractivity (Wildman–Crippen MR) is 80.8 cm³/mol. The third kappa shape index (κ3) is 2.73. The molecule has 0 radical (unpaired) electrons. The minimum atomic E-state index is -3.43. The van der Waals surface area contributed by atoms with E-state index >= 15 is 0 Å². The van der Waals surface area contributed by atoms with Crippen LogP contribution in [0.5, 0.6) is 0 Å². The first kappa shape index (κ1) is 15.1.